The molecule has 2 nitrogen and oxygen atoms in total. The lowest BCUT2D eigenvalue weighted by molar-refractivity contribution is 0.242. The second-order valence-corrected chi connectivity index (χ2v) is 6.24. The smallest absolute Gasteiger partial charge is 0.0486 e. The Balaban J connectivity index is 2.20. The molecule has 2 aromatic rings. The van der Waals surface area contributed by atoms with Crippen molar-refractivity contribution in [2.75, 3.05) is 13.6 Å². The van der Waals surface area contributed by atoms with Crippen molar-refractivity contribution in [1.82, 2.24) is 4.90 Å². The molecule has 1 unspecified atom stereocenters. The summed E-state index contributed by atoms with van der Waals surface area (Å²) >= 11 is 18.3. The molecule has 0 aliphatic rings. The van der Waals surface area contributed by atoms with Gasteiger partial charge in [-0.15, -0.1) is 0 Å². The quantitative estimate of drug-likeness (QED) is 0.846. The number of likely N-dealkylation sites (N-methyl/N-ethyl adjacent to an activating group) is 1. The zero-order chi connectivity index (χ0) is 15.4. The Kier molecular flexibility index (Phi) is 5.91. The van der Waals surface area contributed by atoms with Gasteiger partial charge in [-0.1, -0.05) is 46.9 Å². The van der Waals surface area contributed by atoms with Crippen molar-refractivity contribution in [2.24, 2.45) is 5.73 Å². The number of nitrogens with zero attached hydrogens (tertiary/aromatic N) is 1. The monoisotopic (exact) mass is 342 g/mol. The van der Waals surface area contributed by atoms with E-state index in [0.29, 0.717) is 16.6 Å². The van der Waals surface area contributed by atoms with Crippen LogP contribution < -0.4 is 5.73 Å². The molecular formula is C16H17Cl3N2. The molecule has 2 rings (SSSR count). The minimum Gasteiger partial charge on any atom is -0.329 e. The van der Waals surface area contributed by atoms with Gasteiger partial charge in [0.25, 0.3) is 0 Å². The highest BCUT2D eigenvalue weighted by molar-refractivity contribution is 6.33. The Bertz CT molecular complexity index is 599. The minimum atomic E-state index is 0.00637. The van der Waals surface area contributed by atoms with E-state index in [1.807, 2.05) is 37.4 Å². The fourth-order valence-electron chi connectivity index (χ4n) is 2.30. The lowest BCUT2D eigenvalue weighted by Crippen LogP contribution is -2.30. The normalized spacial score (nSPS) is 12.7. The van der Waals surface area contributed by atoms with Crippen LogP contribution in [-0.4, -0.2) is 18.5 Å². The van der Waals surface area contributed by atoms with Gasteiger partial charge in [-0.05, 0) is 48.5 Å². The zero-order valence-corrected chi connectivity index (χ0v) is 14.0. The van der Waals surface area contributed by atoms with E-state index < -0.39 is 0 Å². The Morgan fingerprint density at radius 2 is 1.62 bits per heavy atom. The van der Waals surface area contributed by atoms with Crippen LogP contribution in [0.2, 0.25) is 15.1 Å². The molecule has 0 aliphatic carbocycles. The molecule has 0 spiro atoms. The number of hydrogen-bond donors (Lipinski definition) is 1. The molecule has 21 heavy (non-hydrogen) atoms. The highest BCUT2D eigenvalue weighted by Gasteiger charge is 2.18. The summed E-state index contributed by atoms with van der Waals surface area (Å²) in [6, 6.07) is 13.2. The van der Waals surface area contributed by atoms with Gasteiger partial charge in [0, 0.05) is 34.2 Å². The van der Waals surface area contributed by atoms with Gasteiger partial charge in [0.15, 0.2) is 0 Å². The number of halogens is 3. The number of benzene rings is 2. The van der Waals surface area contributed by atoms with Crippen molar-refractivity contribution in [1.29, 1.82) is 0 Å². The van der Waals surface area contributed by atoms with E-state index in [2.05, 4.69) is 4.90 Å². The molecule has 0 amide bonds. The summed E-state index contributed by atoms with van der Waals surface area (Å²) in [5.41, 5.74) is 8.05. The first-order valence-corrected chi connectivity index (χ1v) is 7.74. The maximum Gasteiger partial charge on any atom is 0.0486 e. The first kappa shape index (κ1) is 16.6. The van der Waals surface area contributed by atoms with Gasteiger partial charge in [0.05, 0.1) is 0 Å². The van der Waals surface area contributed by atoms with Crippen molar-refractivity contribution >= 4 is 34.8 Å². The third-order valence-electron chi connectivity index (χ3n) is 3.42. The van der Waals surface area contributed by atoms with Crippen LogP contribution in [0.15, 0.2) is 42.5 Å². The van der Waals surface area contributed by atoms with Crippen LogP contribution in [0.4, 0.5) is 0 Å². The van der Waals surface area contributed by atoms with Gasteiger partial charge in [0.2, 0.25) is 0 Å². The number of hydrogen-bond acceptors (Lipinski definition) is 2. The summed E-state index contributed by atoms with van der Waals surface area (Å²) in [7, 11) is 2.02. The summed E-state index contributed by atoms with van der Waals surface area (Å²) < 4.78 is 0. The molecule has 1 atom stereocenters. The minimum absolute atomic E-state index is 0.00637. The molecule has 0 saturated carbocycles. The lowest BCUT2D eigenvalue weighted by atomic mass is 10.0. The van der Waals surface area contributed by atoms with Gasteiger partial charge in [0.1, 0.15) is 0 Å². The summed E-state index contributed by atoms with van der Waals surface area (Å²) in [6.07, 6.45) is 0. The van der Waals surface area contributed by atoms with Crippen LogP contribution >= 0.6 is 34.8 Å². The lowest BCUT2D eigenvalue weighted by Gasteiger charge is -2.28. The molecular weight excluding hydrogens is 327 g/mol. The van der Waals surface area contributed by atoms with Crippen LogP contribution in [0.25, 0.3) is 0 Å². The zero-order valence-electron chi connectivity index (χ0n) is 11.7. The Morgan fingerprint density at radius 3 is 2.24 bits per heavy atom. The summed E-state index contributed by atoms with van der Waals surface area (Å²) in [5.74, 6) is 0. The largest absolute Gasteiger partial charge is 0.329 e. The number of rotatable bonds is 5. The highest BCUT2D eigenvalue weighted by atomic mass is 35.5. The molecule has 0 heterocycles. The van der Waals surface area contributed by atoms with Gasteiger partial charge >= 0.3 is 0 Å². The molecule has 0 radical (unpaired) electrons. The van der Waals surface area contributed by atoms with E-state index in [0.717, 1.165) is 17.1 Å². The maximum absolute atomic E-state index is 6.28. The van der Waals surface area contributed by atoms with Crippen molar-refractivity contribution in [3.63, 3.8) is 0 Å². The Hall–Kier alpha value is -0.770. The average Bonchev–Trinajstić information content (AvgIpc) is 2.46. The third-order valence-corrected chi connectivity index (χ3v) is 4.25. The first-order chi connectivity index (χ1) is 10.0. The molecule has 112 valence electrons. The van der Waals surface area contributed by atoms with Crippen LogP contribution in [0, 0.1) is 0 Å². The van der Waals surface area contributed by atoms with Crippen molar-refractivity contribution < 1.29 is 0 Å². The molecule has 5 heteroatoms. The van der Waals surface area contributed by atoms with Gasteiger partial charge in [-0.25, -0.2) is 0 Å². The molecule has 2 aromatic carbocycles. The summed E-state index contributed by atoms with van der Waals surface area (Å²) in [5, 5.41) is 2.07. The van der Waals surface area contributed by atoms with E-state index in [1.165, 1.54) is 5.56 Å². The standard InChI is InChI=1S/C16H17Cl3N2/c1-21(10-11-2-4-12(17)5-3-11)16(9-20)14-8-13(18)6-7-15(14)19/h2-8,16H,9-10,20H2,1H3. The Labute approximate surface area is 140 Å². The topological polar surface area (TPSA) is 29.3 Å². The SMILES string of the molecule is CN(Cc1ccc(Cl)cc1)C(CN)c1cc(Cl)ccc1Cl. The van der Waals surface area contributed by atoms with Crippen LogP contribution in [0.5, 0.6) is 0 Å². The van der Waals surface area contributed by atoms with Gasteiger partial charge < -0.3 is 5.73 Å². The highest BCUT2D eigenvalue weighted by Crippen LogP contribution is 2.29. The molecule has 2 N–H and O–H groups in total. The number of nitrogens with two attached hydrogens (primary N) is 1. The van der Waals surface area contributed by atoms with E-state index >= 15 is 0 Å². The van der Waals surface area contributed by atoms with Crippen LogP contribution in [-0.2, 0) is 6.54 Å². The van der Waals surface area contributed by atoms with Gasteiger partial charge in [-0.2, -0.15) is 0 Å². The predicted molar refractivity (Wildman–Crippen MR) is 91.2 cm³/mol. The van der Waals surface area contributed by atoms with E-state index in [4.69, 9.17) is 40.5 Å². The molecule has 0 aliphatic heterocycles. The summed E-state index contributed by atoms with van der Waals surface area (Å²) in [6.45, 7) is 1.21. The van der Waals surface area contributed by atoms with Crippen molar-refractivity contribution in [3.8, 4) is 0 Å². The van der Waals surface area contributed by atoms with Crippen LogP contribution in [0.1, 0.15) is 17.2 Å². The average molecular weight is 344 g/mol. The fourth-order valence-corrected chi connectivity index (χ4v) is 2.85. The second kappa shape index (κ2) is 7.48. The van der Waals surface area contributed by atoms with Crippen LogP contribution in [0.3, 0.4) is 0 Å². The third kappa shape index (κ3) is 4.35. The first-order valence-electron chi connectivity index (χ1n) is 6.61. The Morgan fingerprint density at radius 1 is 1.00 bits per heavy atom. The molecule has 0 saturated heterocycles. The predicted octanol–water partition coefficient (Wildman–Crippen LogP) is 4.78. The molecule has 0 aromatic heterocycles. The van der Waals surface area contributed by atoms with E-state index in [9.17, 15) is 0 Å². The fraction of sp³-hybridized carbons (Fsp3) is 0.250. The van der Waals surface area contributed by atoms with E-state index in [-0.39, 0.29) is 6.04 Å². The maximum atomic E-state index is 6.28. The van der Waals surface area contributed by atoms with Gasteiger partial charge in [-0.3, -0.25) is 4.90 Å². The second-order valence-electron chi connectivity index (χ2n) is 4.96. The van der Waals surface area contributed by atoms with Crippen molar-refractivity contribution in [2.45, 2.75) is 12.6 Å². The van der Waals surface area contributed by atoms with Crippen molar-refractivity contribution in [3.05, 3.63) is 68.7 Å². The molecule has 0 fully saturated rings. The molecule has 0 bridgehead atoms. The van der Waals surface area contributed by atoms with E-state index in [1.54, 1.807) is 12.1 Å². The summed E-state index contributed by atoms with van der Waals surface area (Å²) in [4.78, 5) is 2.15.